The van der Waals surface area contributed by atoms with E-state index in [0.29, 0.717) is 11.6 Å². The lowest BCUT2D eigenvalue weighted by Gasteiger charge is -2.10. The zero-order valence-electron chi connectivity index (χ0n) is 11.2. The number of fused-ring (bicyclic) bond motifs is 1. The topological polar surface area (TPSA) is 35.6 Å². The van der Waals surface area contributed by atoms with E-state index < -0.39 is 0 Å². The predicted octanol–water partition coefficient (Wildman–Crippen LogP) is 3.77. The predicted molar refractivity (Wildman–Crippen MR) is 81.3 cm³/mol. The van der Waals surface area contributed by atoms with Crippen LogP contribution in [0.5, 0.6) is 0 Å². The Labute approximate surface area is 126 Å². The van der Waals surface area contributed by atoms with Gasteiger partial charge in [0.25, 0.3) is 0 Å². The van der Waals surface area contributed by atoms with Gasteiger partial charge in [-0.2, -0.15) is 5.10 Å². The van der Waals surface area contributed by atoms with E-state index in [9.17, 15) is 0 Å². The minimum atomic E-state index is -0.185. The number of halogens is 2. The van der Waals surface area contributed by atoms with Crippen molar-refractivity contribution >= 4 is 34.2 Å². The number of para-hydroxylation sites is 1. The molecular weight excluding hydrogens is 295 g/mol. The van der Waals surface area contributed by atoms with E-state index in [1.54, 1.807) is 4.68 Å². The Morgan fingerprint density at radius 2 is 2.15 bits per heavy atom. The fraction of sp³-hybridized carbons (Fsp3) is 0.286. The molecule has 0 amide bonds. The van der Waals surface area contributed by atoms with Crippen molar-refractivity contribution in [3.63, 3.8) is 0 Å². The van der Waals surface area contributed by atoms with E-state index in [1.807, 2.05) is 44.6 Å². The highest BCUT2D eigenvalue weighted by Crippen LogP contribution is 2.29. The Morgan fingerprint density at radius 1 is 1.35 bits per heavy atom. The number of alkyl halides is 1. The quantitative estimate of drug-likeness (QED) is 0.690. The lowest BCUT2D eigenvalue weighted by atomic mass is 10.3. The lowest BCUT2D eigenvalue weighted by molar-refractivity contribution is 0.738. The van der Waals surface area contributed by atoms with Gasteiger partial charge in [-0.1, -0.05) is 17.7 Å². The first kappa shape index (κ1) is 13.5. The number of nitrogens with zero attached hydrogens (tertiary/aromatic N) is 4. The molecule has 0 fully saturated rings. The maximum Gasteiger partial charge on any atom is 0.128 e. The number of aromatic nitrogens is 4. The summed E-state index contributed by atoms with van der Waals surface area (Å²) in [7, 11) is 1.90. The van der Waals surface area contributed by atoms with Crippen LogP contribution in [-0.4, -0.2) is 19.3 Å². The molecule has 0 spiro atoms. The molecule has 0 saturated heterocycles. The van der Waals surface area contributed by atoms with E-state index >= 15 is 0 Å². The van der Waals surface area contributed by atoms with Crippen LogP contribution in [0, 0.1) is 0 Å². The van der Waals surface area contributed by atoms with E-state index in [1.165, 1.54) is 0 Å². The molecule has 6 heteroatoms. The van der Waals surface area contributed by atoms with Crippen LogP contribution in [0.15, 0.2) is 30.6 Å². The fourth-order valence-electron chi connectivity index (χ4n) is 2.36. The van der Waals surface area contributed by atoms with E-state index in [0.717, 1.165) is 22.4 Å². The number of hydrogen-bond acceptors (Lipinski definition) is 2. The van der Waals surface area contributed by atoms with Crippen molar-refractivity contribution in [2.75, 3.05) is 0 Å². The molecule has 2 aromatic heterocycles. The Morgan fingerprint density at radius 3 is 2.80 bits per heavy atom. The summed E-state index contributed by atoms with van der Waals surface area (Å²) < 4.78 is 3.84. The van der Waals surface area contributed by atoms with Gasteiger partial charge in [0.2, 0.25) is 0 Å². The molecule has 0 aliphatic heterocycles. The van der Waals surface area contributed by atoms with Crippen LogP contribution in [-0.2, 0) is 13.6 Å². The molecule has 3 rings (SSSR count). The van der Waals surface area contributed by atoms with Gasteiger partial charge in [-0.25, -0.2) is 4.98 Å². The monoisotopic (exact) mass is 308 g/mol. The normalized spacial score (nSPS) is 13.0. The second-order valence-electron chi connectivity index (χ2n) is 4.80. The van der Waals surface area contributed by atoms with Crippen molar-refractivity contribution < 1.29 is 0 Å². The van der Waals surface area contributed by atoms with Crippen molar-refractivity contribution in [1.82, 2.24) is 19.3 Å². The van der Waals surface area contributed by atoms with Crippen LogP contribution in [0.4, 0.5) is 0 Å². The standard InChI is InChI=1S/C14H14Cl2N4/c1-9(15)14-18-12-5-3-4-11(16)13(12)20(14)8-10-6-17-19(2)7-10/h3-7,9H,8H2,1-2H3. The number of hydrogen-bond donors (Lipinski definition) is 0. The molecule has 4 nitrogen and oxygen atoms in total. The van der Waals surface area contributed by atoms with Gasteiger partial charge in [-0.05, 0) is 19.1 Å². The molecule has 0 aliphatic carbocycles. The van der Waals surface area contributed by atoms with E-state index in [2.05, 4.69) is 14.6 Å². The Bertz CT molecular complexity index is 758. The summed E-state index contributed by atoms with van der Waals surface area (Å²) in [5.41, 5.74) is 2.87. The molecule has 1 unspecified atom stereocenters. The van der Waals surface area contributed by atoms with Crippen LogP contribution in [0.2, 0.25) is 5.02 Å². The van der Waals surface area contributed by atoms with Gasteiger partial charge >= 0.3 is 0 Å². The summed E-state index contributed by atoms with van der Waals surface area (Å²) in [6.07, 6.45) is 3.82. The van der Waals surface area contributed by atoms with Crippen LogP contribution in [0.25, 0.3) is 11.0 Å². The maximum atomic E-state index is 6.33. The van der Waals surface area contributed by atoms with Crippen molar-refractivity contribution in [3.05, 3.63) is 47.0 Å². The first-order chi connectivity index (χ1) is 9.56. The van der Waals surface area contributed by atoms with Gasteiger partial charge in [0, 0.05) is 18.8 Å². The summed E-state index contributed by atoms with van der Waals surface area (Å²) in [5, 5.41) is 4.69. The summed E-state index contributed by atoms with van der Waals surface area (Å²) in [4.78, 5) is 4.60. The summed E-state index contributed by atoms with van der Waals surface area (Å²) >= 11 is 12.6. The third kappa shape index (κ3) is 2.30. The van der Waals surface area contributed by atoms with Gasteiger partial charge in [0.1, 0.15) is 5.82 Å². The minimum absolute atomic E-state index is 0.185. The smallest absolute Gasteiger partial charge is 0.128 e. The van der Waals surface area contributed by atoms with E-state index in [-0.39, 0.29) is 5.38 Å². The van der Waals surface area contributed by atoms with Gasteiger partial charge in [0.05, 0.1) is 34.2 Å². The Kier molecular flexibility index (Phi) is 3.44. The SMILES string of the molecule is CC(Cl)c1nc2cccc(Cl)c2n1Cc1cnn(C)c1. The fourth-order valence-corrected chi connectivity index (χ4v) is 2.80. The average Bonchev–Trinajstić information content (AvgIpc) is 2.95. The second-order valence-corrected chi connectivity index (χ2v) is 5.86. The summed E-state index contributed by atoms with van der Waals surface area (Å²) in [6, 6.07) is 5.71. The van der Waals surface area contributed by atoms with Crippen LogP contribution in [0.1, 0.15) is 23.7 Å². The molecule has 0 radical (unpaired) electrons. The van der Waals surface area contributed by atoms with Crippen molar-refractivity contribution in [2.45, 2.75) is 18.8 Å². The molecule has 104 valence electrons. The molecule has 0 aliphatic rings. The van der Waals surface area contributed by atoms with Crippen LogP contribution in [0.3, 0.4) is 0 Å². The van der Waals surface area contributed by atoms with Crippen LogP contribution < -0.4 is 0 Å². The molecule has 20 heavy (non-hydrogen) atoms. The largest absolute Gasteiger partial charge is 0.321 e. The number of rotatable bonds is 3. The number of imidazole rings is 1. The third-order valence-electron chi connectivity index (χ3n) is 3.20. The first-order valence-electron chi connectivity index (χ1n) is 6.32. The lowest BCUT2D eigenvalue weighted by Crippen LogP contribution is -2.05. The Hall–Kier alpha value is -1.52. The first-order valence-corrected chi connectivity index (χ1v) is 7.14. The van der Waals surface area contributed by atoms with Gasteiger partial charge in [0.15, 0.2) is 0 Å². The van der Waals surface area contributed by atoms with Crippen molar-refractivity contribution in [3.8, 4) is 0 Å². The zero-order valence-corrected chi connectivity index (χ0v) is 12.7. The average molecular weight is 309 g/mol. The molecule has 0 N–H and O–H groups in total. The van der Waals surface area contributed by atoms with Crippen molar-refractivity contribution in [1.29, 1.82) is 0 Å². The molecule has 0 bridgehead atoms. The molecule has 1 atom stereocenters. The molecule has 1 aromatic carbocycles. The molecule has 2 heterocycles. The Balaban J connectivity index is 2.18. The van der Waals surface area contributed by atoms with Gasteiger partial charge in [-0.3, -0.25) is 4.68 Å². The van der Waals surface area contributed by atoms with Crippen molar-refractivity contribution in [2.24, 2.45) is 7.05 Å². The highest BCUT2D eigenvalue weighted by molar-refractivity contribution is 6.35. The highest BCUT2D eigenvalue weighted by atomic mass is 35.5. The molecule has 0 saturated carbocycles. The summed E-state index contributed by atoms with van der Waals surface area (Å²) in [6.45, 7) is 2.57. The highest BCUT2D eigenvalue weighted by Gasteiger charge is 2.17. The third-order valence-corrected chi connectivity index (χ3v) is 3.70. The maximum absolute atomic E-state index is 6.33. The summed E-state index contributed by atoms with van der Waals surface area (Å²) in [5.74, 6) is 0.818. The van der Waals surface area contributed by atoms with Gasteiger partial charge in [-0.15, -0.1) is 11.6 Å². The minimum Gasteiger partial charge on any atom is -0.321 e. The molecular formula is C14H14Cl2N4. The van der Waals surface area contributed by atoms with E-state index in [4.69, 9.17) is 23.2 Å². The molecule has 3 aromatic rings. The van der Waals surface area contributed by atoms with Crippen LogP contribution >= 0.6 is 23.2 Å². The number of benzene rings is 1. The van der Waals surface area contributed by atoms with Gasteiger partial charge < -0.3 is 4.57 Å². The zero-order chi connectivity index (χ0) is 14.3. The second kappa shape index (κ2) is 5.11. The number of aryl methyl sites for hydroxylation is 1.